The fourth-order valence-electron chi connectivity index (χ4n) is 2.53. The molecule has 0 radical (unpaired) electrons. The average molecular weight is 371 g/mol. The minimum atomic E-state index is -0.513. The lowest BCUT2D eigenvalue weighted by Crippen LogP contribution is -2.44. The Kier molecular flexibility index (Phi) is 11.7. The molecule has 5 heteroatoms. The van der Waals surface area contributed by atoms with Crippen molar-refractivity contribution in [1.29, 1.82) is 0 Å². The summed E-state index contributed by atoms with van der Waals surface area (Å²) in [7, 11) is 2.03. The zero-order valence-electron chi connectivity index (χ0n) is 14.0. The minimum absolute atomic E-state index is 0. The van der Waals surface area contributed by atoms with Crippen molar-refractivity contribution in [2.45, 2.75) is 25.0 Å². The van der Waals surface area contributed by atoms with E-state index in [0.717, 1.165) is 13.0 Å². The van der Waals surface area contributed by atoms with Crippen LogP contribution < -0.4 is 5.73 Å². The second-order valence-corrected chi connectivity index (χ2v) is 5.92. The first kappa shape index (κ1) is 22.9. The van der Waals surface area contributed by atoms with Crippen molar-refractivity contribution >= 4 is 24.8 Å². The summed E-state index contributed by atoms with van der Waals surface area (Å²) >= 11 is 0. The summed E-state index contributed by atoms with van der Waals surface area (Å²) in [6.07, 6.45) is 1.17. The van der Waals surface area contributed by atoms with Gasteiger partial charge in [-0.1, -0.05) is 60.7 Å². The molecule has 0 saturated heterocycles. The number of aliphatic hydroxyl groups excluding tert-OH is 1. The molecule has 0 aliphatic rings. The van der Waals surface area contributed by atoms with Crippen LogP contribution in [-0.4, -0.2) is 42.3 Å². The largest absolute Gasteiger partial charge is 0.390 e. The topological polar surface area (TPSA) is 49.5 Å². The van der Waals surface area contributed by atoms with E-state index in [0.29, 0.717) is 13.0 Å². The Morgan fingerprint density at radius 2 is 1.42 bits per heavy atom. The van der Waals surface area contributed by atoms with Gasteiger partial charge in [-0.2, -0.15) is 0 Å². The molecule has 0 aliphatic carbocycles. The number of nitrogens with two attached hydrogens (primary N) is 1. The van der Waals surface area contributed by atoms with Gasteiger partial charge >= 0.3 is 0 Å². The van der Waals surface area contributed by atoms with Crippen molar-refractivity contribution in [3.8, 4) is 0 Å². The molecule has 0 spiro atoms. The van der Waals surface area contributed by atoms with Crippen LogP contribution >= 0.6 is 24.8 Å². The van der Waals surface area contributed by atoms with E-state index >= 15 is 0 Å². The van der Waals surface area contributed by atoms with E-state index in [1.54, 1.807) is 0 Å². The quantitative estimate of drug-likeness (QED) is 0.750. The van der Waals surface area contributed by atoms with E-state index in [-0.39, 0.29) is 30.9 Å². The minimum Gasteiger partial charge on any atom is -0.390 e. The first-order valence-electron chi connectivity index (χ1n) is 7.85. The Balaban J connectivity index is 0.00000264. The van der Waals surface area contributed by atoms with Crippen molar-refractivity contribution in [2.75, 3.05) is 20.1 Å². The summed E-state index contributed by atoms with van der Waals surface area (Å²) < 4.78 is 0. The number of hydrogen-bond donors (Lipinski definition) is 2. The van der Waals surface area contributed by atoms with Gasteiger partial charge in [-0.05, 0) is 31.0 Å². The fourth-order valence-corrected chi connectivity index (χ4v) is 2.53. The lowest BCUT2D eigenvalue weighted by molar-refractivity contribution is 0.102. The van der Waals surface area contributed by atoms with Gasteiger partial charge in [0.05, 0.1) is 6.10 Å². The van der Waals surface area contributed by atoms with Crippen LogP contribution in [0.3, 0.4) is 0 Å². The van der Waals surface area contributed by atoms with E-state index in [9.17, 15) is 5.11 Å². The molecule has 0 fully saturated rings. The van der Waals surface area contributed by atoms with E-state index in [1.807, 2.05) is 43.4 Å². The van der Waals surface area contributed by atoms with Crippen LogP contribution in [0, 0.1) is 0 Å². The van der Waals surface area contributed by atoms with Gasteiger partial charge in [0.25, 0.3) is 0 Å². The van der Waals surface area contributed by atoms with Crippen molar-refractivity contribution in [3.05, 3.63) is 71.8 Å². The predicted octanol–water partition coefficient (Wildman–Crippen LogP) is 2.94. The van der Waals surface area contributed by atoms with Crippen molar-refractivity contribution in [2.24, 2.45) is 5.73 Å². The number of benzene rings is 2. The standard InChI is InChI=1S/C19H26N2O.2ClH/c1-21(13-12-16-8-4-2-5-9-16)15-19(22)18(20)14-17-10-6-3-7-11-17;;/h2-11,18-19,22H,12-15,20H2,1H3;2*1H. The Morgan fingerprint density at radius 3 is 1.96 bits per heavy atom. The summed E-state index contributed by atoms with van der Waals surface area (Å²) in [5, 5.41) is 10.3. The number of hydrogen-bond acceptors (Lipinski definition) is 3. The number of halogens is 2. The molecule has 0 heterocycles. The highest BCUT2D eigenvalue weighted by Crippen LogP contribution is 2.06. The summed E-state index contributed by atoms with van der Waals surface area (Å²) in [5.41, 5.74) is 8.61. The van der Waals surface area contributed by atoms with Gasteiger partial charge in [0.15, 0.2) is 0 Å². The summed E-state index contributed by atoms with van der Waals surface area (Å²) in [6.45, 7) is 1.51. The molecule has 2 aromatic carbocycles. The van der Waals surface area contributed by atoms with Crippen LogP contribution in [0.1, 0.15) is 11.1 Å². The van der Waals surface area contributed by atoms with Gasteiger partial charge in [0, 0.05) is 19.1 Å². The zero-order valence-corrected chi connectivity index (χ0v) is 15.7. The first-order chi connectivity index (χ1) is 10.6. The van der Waals surface area contributed by atoms with E-state index in [4.69, 9.17) is 5.73 Å². The molecule has 3 N–H and O–H groups in total. The fraction of sp³-hybridized carbons (Fsp3) is 0.368. The third-order valence-corrected chi connectivity index (χ3v) is 3.93. The van der Waals surface area contributed by atoms with Crippen LogP contribution in [0.2, 0.25) is 0 Å². The Bertz CT molecular complexity index is 540. The molecule has 0 aliphatic heterocycles. The molecule has 134 valence electrons. The molecule has 24 heavy (non-hydrogen) atoms. The number of rotatable bonds is 8. The molecule has 0 aromatic heterocycles. The molecule has 0 bridgehead atoms. The number of aliphatic hydroxyl groups is 1. The Hall–Kier alpha value is -1.10. The molecule has 2 atom stereocenters. The van der Waals surface area contributed by atoms with Crippen LogP contribution in [-0.2, 0) is 12.8 Å². The molecular formula is C19H28Cl2N2O. The van der Waals surface area contributed by atoms with Crippen molar-refractivity contribution in [1.82, 2.24) is 4.90 Å². The van der Waals surface area contributed by atoms with E-state index in [1.165, 1.54) is 11.1 Å². The average Bonchev–Trinajstić information content (AvgIpc) is 2.55. The molecule has 2 aromatic rings. The first-order valence-corrected chi connectivity index (χ1v) is 7.85. The maximum Gasteiger partial charge on any atom is 0.0820 e. The SMILES string of the molecule is CN(CCc1ccccc1)CC(O)C(N)Cc1ccccc1.Cl.Cl. The lowest BCUT2D eigenvalue weighted by Gasteiger charge is -2.25. The smallest absolute Gasteiger partial charge is 0.0820 e. The predicted molar refractivity (Wildman–Crippen MR) is 106 cm³/mol. The van der Waals surface area contributed by atoms with Gasteiger partial charge in [-0.3, -0.25) is 0 Å². The normalized spacial score (nSPS) is 12.8. The van der Waals surface area contributed by atoms with E-state index < -0.39 is 6.10 Å². The monoisotopic (exact) mass is 370 g/mol. The number of nitrogens with zero attached hydrogens (tertiary/aromatic N) is 1. The van der Waals surface area contributed by atoms with Gasteiger partial charge < -0.3 is 15.7 Å². The lowest BCUT2D eigenvalue weighted by atomic mass is 10.0. The highest BCUT2D eigenvalue weighted by atomic mass is 35.5. The molecule has 3 nitrogen and oxygen atoms in total. The van der Waals surface area contributed by atoms with Crippen molar-refractivity contribution in [3.63, 3.8) is 0 Å². The Morgan fingerprint density at radius 1 is 0.917 bits per heavy atom. The number of likely N-dealkylation sites (N-methyl/N-ethyl adjacent to an activating group) is 1. The molecule has 0 amide bonds. The second-order valence-electron chi connectivity index (χ2n) is 5.92. The van der Waals surface area contributed by atoms with Crippen LogP contribution in [0.15, 0.2) is 60.7 Å². The third kappa shape index (κ3) is 8.13. The van der Waals surface area contributed by atoms with Gasteiger partial charge in [0.2, 0.25) is 0 Å². The molecular weight excluding hydrogens is 343 g/mol. The van der Waals surface area contributed by atoms with Crippen LogP contribution in [0.5, 0.6) is 0 Å². The Labute approximate surface area is 157 Å². The van der Waals surface area contributed by atoms with Crippen LogP contribution in [0.4, 0.5) is 0 Å². The summed E-state index contributed by atoms with van der Waals surface area (Å²) in [6, 6.07) is 20.2. The van der Waals surface area contributed by atoms with Gasteiger partial charge in [-0.15, -0.1) is 24.8 Å². The second kappa shape index (κ2) is 12.3. The van der Waals surface area contributed by atoms with Crippen LogP contribution in [0.25, 0.3) is 0 Å². The molecule has 2 rings (SSSR count). The molecule has 0 saturated carbocycles. The van der Waals surface area contributed by atoms with Crippen molar-refractivity contribution < 1.29 is 5.11 Å². The highest BCUT2D eigenvalue weighted by molar-refractivity contribution is 5.85. The van der Waals surface area contributed by atoms with Gasteiger partial charge in [0.1, 0.15) is 0 Å². The summed E-state index contributed by atoms with van der Waals surface area (Å²) in [4.78, 5) is 2.14. The summed E-state index contributed by atoms with van der Waals surface area (Å²) in [5.74, 6) is 0. The highest BCUT2D eigenvalue weighted by Gasteiger charge is 2.17. The zero-order chi connectivity index (χ0) is 15.8. The van der Waals surface area contributed by atoms with E-state index in [2.05, 4.69) is 29.2 Å². The third-order valence-electron chi connectivity index (χ3n) is 3.93. The maximum absolute atomic E-state index is 10.3. The maximum atomic E-state index is 10.3. The molecule has 2 unspecified atom stereocenters. The van der Waals surface area contributed by atoms with Gasteiger partial charge in [-0.25, -0.2) is 0 Å².